The van der Waals surface area contributed by atoms with Crippen molar-refractivity contribution in [1.82, 2.24) is 10.3 Å². The van der Waals surface area contributed by atoms with Crippen LogP contribution in [0.4, 0.5) is 0 Å². The van der Waals surface area contributed by atoms with Crippen molar-refractivity contribution < 1.29 is 9.59 Å². The monoisotopic (exact) mass is 358 g/mol. The van der Waals surface area contributed by atoms with E-state index in [0.29, 0.717) is 30.0 Å². The van der Waals surface area contributed by atoms with E-state index in [1.807, 2.05) is 45.0 Å². The molecule has 1 amide bonds. The molecule has 0 spiro atoms. The van der Waals surface area contributed by atoms with E-state index in [1.54, 1.807) is 18.3 Å². The average molecular weight is 359 g/mol. The molecular formula is C20H23ClN2O2. The molecule has 0 fully saturated rings. The number of aryl methyl sites for hydroxylation is 1. The van der Waals surface area contributed by atoms with Gasteiger partial charge in [-0.15, -0.1) is 0 Å². The Kier molecular flexibility index (Phi) is 6.32. The SMILES string of the molecule is CC(C)(C)NC(=O)c1cc(CC(=O)CCc2ccc(Cl)cc2)ccn1. The number of pyridine rings is 1. The lowest BCUT2D eigenvalue weighted by Crippen LogP contribution is -2.40. The zero-order valence-electron chi connectivity index (χ0n) is 14.8. The van der Waals surface area contributed by atoms with Gasteiger partial charge in [-0.05, 0) is 62.6 Å². The minimum Gasteiger partial charge on any atom is -0.346 e. The summed E-state index contributed by atoms with van der Waals surface area (Å²) in [6.45, 7) is 5.74. The van der Waals surface area contributed by atoms with Gasteiger partial charge in [-0.25, -0.2) is 0 Å². The van der Waals surface area contributed by atoms with Gasteiger partial charge < -0.3 is 5.32 Å². The first-order chi connectivity index (χ1) is 11.7. The number of hydrogen-bond acceptors (Lipinski definition) is 3. The number of aromatic nitrogens is 1. The topological polar surface area (TPSA) is 59.1 Å². The number of amides is 1. The Morgan fingerprint density at radius 2 is 1.76 bits per heavy atom. The van der Waals surface area contributed by atoms with Crippen molar-refractivity contribution in [3.8, 4) is 0 Å². The molecule has 0 aliphatic heterocycles. The number of nitrogens with zero attached hydrogens (tertiary/aromatic N) is 1. The molecule has 0 aliphatic rings. The Morgan fingerprint density at radius 1 is 1.08 bits per heavy atom. The van der Waals surface area contributed by atoms with Gasteiger partial charge >= 0.3 is 0 Å². The summed E-state index contributed by atoms with van der Waals surface area (Å²) in [5, 5.41) is 3.56. The number of rotatable bonds is 6. The number of ketones is 1. The van der Waals surface area contributed by atoms with E-state index >= 15 is 0 Å². The van der Waals surface area contributed by atoms with E-state index in [1.165, 1.54) is 0 Å². The first kappa shape index (κ1) is 19.1. The van der Waals surface area contributed by atoms with E-state index in [4.69, 9.17) is 11.6 Å². The molecule has 1 heterocycles. The maximum Gasteiger partial charge on any atom is 0.270 e. The van der Waals surface area contributed by atoms with E-state index < -0.39 is 0 Å². The van der Waals surface area contributed by atoms with E-state index in [-0.39, 0.29) is 17.2 Å². The first-order valence-corrected chi connectivity index (χ1v) is 8.64. The van der Waals surface area contributed by atoms with Gasteiger partial charge in [-0.2, -0.15) is 0 Å². The number of Topliss-reactive ketones (excluding diaryl/α,β-unsaturated/α-hetero) is 1. The highest BCUT2D eigenvalue weighted by Crippen LogP contribution is 2.12. The number of carbonyl (C=O) groups excluding carboxylic acids is 2. The van der Waals surface area contributed by atoms with Crippen molar-refractivity contribution in [2.24, 2.45) is 0 Å². The van der Waals surface area contributed by atoms with E-state index in [9.17, 15) is 9.59 Å². The Hall–Kier alpha value is -2.20. The quantitative estimate of drug-likeness (QED) is 0.848. The first-order valence-electron chi connectivity index (χ1n) is 8.26. The lowest BCUT2D eigenvalue weighted by atomic mass is 10.0. The van der Waals surface area contributed by atoms with Crippen LogP contribution >= 0.6 is 11.6 Å². The highest BCUT2D eigenvalue weighted by Gasteiger charge is 2.16. The van der Waals surface area contributed by atoms with Crippen molar-refractivity contribution in [3.63, 3.8) is 0 Å². The number of halogens is 1. The molecule has 0 unspecified atom stereocenters. The van der Waals surface area contributed by atoms with Crippen molar-refractivity contribution in [1.29, 1.82) is 0 Å². The van der Waals surface area contributed by atoms with Gasteiger partial charge in [0.05, 0.1) is 0 Å². The number of hydrogen-bond donors (Lipinski definition) is 1. The third kappa shape index (κ3) is 6.67. The smallest absolute Gasteiger partial charge is 0.270 e. The Bertz CT molecular complexity index is 749. The molecular weight excluding hydrogens is 336 g/mol. The van der Waals surface area contributed by atoms with Crippen LogP contribution < -0.4 is 5.32 Å². The summed E-state index contributed by atoms with van der Waals surface area (Å²) in [4.78, 5) is 28.5. The van der Waals surface area contributed by atoms with Crippen LogP contribution in [0.25, 0.3) is 0 Å². The molecule has 1 aromatic carbocycles. The second-order valence-electron chi connectivity index (χ2n) is 7.10. The van der Waals surface area contributed by atoms with Crippen LogP contribution in [0, 0.1) is 0 Å². The molecule has 1 aromatic heterocycles. The van der Waals surface area contributed by atoms with Crippen molar-refractivity contribution in [3.05, 3.63) is 64.4 Å². The summed E-state index contributed by atoms with van der Waals surface area (Å²) in [5.74, 6) is -0.105. The summed E-state index contributed by atoms with van der Waals surface area (Å²) in [6.07, 6.45) is 3.00. The summed E-state index contributed by atoms with van der Waals surface area (Å²) in [7, 11) is 0. The van der Waals surface area contributed by atoms with Gasteiger partial charge in [0.15, 0.2) is 0 Å². The Balaban J connectivity index is 1.93. The molecule has 0 atom stereocenters. The molecule has 25 heavy (non-hydrogen) atoms. The molecule has 0 saturated carbocycles. The van der Waals surface area contributed by atoms with E-state index in [2.05, 4.69) is 10.3 Å². The summed E-state index contributed by atoms with van der Waals surface area (Å²) in [6, 6.07) is 11.0. The van der Waals surface area contributed by atoms with E-state index in [0.717, 1.165) is 11.1 Å². The lowest BCUT2D eigenvalue weighted by molar-refractivity contribution is -0.118. The van der Waals surface area contributed by atoms with Crippen molar-refractivity contribution in [2.45, 2.75) is 45.6 Å². The third-order valence-electron chi connectivity index (χ3n) is 3.55. The molecule has 132 valence electrons. The van der Waals surface area contributed by atoms with Crippen molar-refractivity contribution in [2.75, 3.05) is 0 Å². The zero-order chi connectivity index (χ0) is 18.4. The van der Waals surface area contributed by atoms with Gasteiger partial charge in [0, 0.05) is 29.6 Å². The van der Waals surface area contributed by atoms with Gasteiger partial charge in [0.25, 0.3) is 5.91 Å². The molecule has 1 N–H and O–H groups in total. The normalized spacial score (nSPS) is 11.2. The number of nitrogens with one attached hydrogen (secondary N) is 1. The van der Waals surface area contributed by atoms with Gasteiger partial charge in [0.1, 0.15) is 11.5 Å². The van der Waals surface area contributed by atoms with Gasteiger partial charge in [0.2, 0.25) is 0 Å². The fourth-order valence-electron chi connectivity index (χ4n) is 2.36. The molecule has 2 aromatic rings. The van der Waals surface area contributed by atoms with Crippen LogP contribution in [0.3, 0.4) is 0 Å². The molecule has 0 radical (unpaired) electrons. The second-order valence-corrected chi connectivity index (χ2v) is 7.53. The standard InChI is InChI=1S/C20H23ClN2O2/c1-20(2,3)23-19(25)18-13-15(10-11-22-18)12-17(24)9-6-14-4-7-16(21)8-5-14/h4-5,7-8,10-11,13H,6,9,12H2,1-3H3,(H,23,25). The predicted octanol–water partition coefficient (Wildman–Crippen LogP) is 4.01. The predicted molar refractivity (Wildman–Crippen MR) is 99.9 cm³/mol. The third-order valence-corrected chi connectivity index (χ3v) is 3.80. The van der Waals surface area contributed by atoms with Crippen LogP contribution in [0.1, 0.15) is 48.8 Å². The largest absolute Gasteiger partial charge is 0.346 e. The van der Waals surface area contributed by atoms with Crippen LogP contribution in [0.2, 0.25) is 5.02 Å². The Morgan fingerprint density at radius 3 is 2.40 bits per heavy atom. The summed E-state index contributed by atoms with van der Waals surface area (Å²) >= 11 is 5.86. The van der Waals surface area contributed by atoms with Crippen LogP contribution in [-0.4, -0.2) is 22.2 Å². The van der Waals surface area contributed by atoms with Gasteiger partial charge in [-0.3, -0.25) is 14.6 Å². The number of carbonyl (C=O) groups is 2. The van der Waals surface area contributed by atoms with Crippen LogP contribution in [-0.2, 0) is 17.6 Å². The van der Waals surface area contributed by atoms with Gasteiger partial charge in [-0.1, -0.05) is 23.7 Å². The molecule has 0 saturated heterocycles. The molecule has 4 nitrogen and oxygen atoms in total. The van der Waals surface area contributed by atoms with Crippen LogP contribution in [0.5, 0.6) is 0 Å². The average Bonchev–Trinajstić information content (AvgIpc) is 2.53. The molecule has 0 aliphatic carbocycles. The summed E-state index contributed by atoms with van der Waals surface area (Å²) in [5.41, 5.74) is 1.88. The molecule has 5 heteroatoms. The minimum atomic E-state index is -0.330. The highest BCUT2D eigenvalue weighted by molar-refractivity contribution is 6.30. The highest BCUT2D eigenvalue weighted by atomic mass is 35.5. The molecule has 0 bridgehead atoms. The summed E-state index contributed by atoms with van der Waals surface area (Å²) < 4.78 is 0. The zero-order valence-corrected chi connectivity index (χ0v) is 15.6. The Labute approximate surface area is 153 Å². The molecule has 2 rings (SSSR count). The lowest BCUT2D eigenvalue weighted by Gasteiger charge is -2.20. The fraction of sp³-hybridized carbons (Fsp3) is 0.350. The number of benzene rings is 1. The fourth-order valence-corrected chi connectivity index (χ4v) is 2.49. The maximum absolute atomic E-state index is 12.2. The second kappa shape index (κ2) is 8.26. The van der Waals surface area contributed by atoms with Crippen molar-refractivity contribution >= 4 is 23.3 Å². The minimum absolute atomic E-state index is 0.128. The maximum atomic E-state index is 12.2. The van der Waals surface area contributed by atoms with Crippen LogP contribution in [0.15, 0.2) is 42.6 Å².